The Labute approximate surface area is 103 Å². The van der Waals surface area contributed by atoms with E-state index in [1.807, 2.05) is 24.4 Å². The van der Waals surface area contributed by atoms with E-state index in [2.05, 4.69) is 4.72 Å². The molecule has 0 aliphatic carbocycles. The second-order valence-electron chi connectivity index (χ2n) is 3.29. The van der Waals surface area contributed by atoms with Gasteiger partial charge in [-0.15, -0.1) is 22.7 Å². The molecule has 1 unspecified atom stereocenters. The summed E-state index contributed by atoms with van der Waals surface area (Å²) in [6, 6.07) is 6.98. The van der Waals surface area contributed by atoms with E-state index in [0.29, 0.717) is 4.21 Å². The Balaban J connectivity index is 2.16. The minimum atomic E-state index is -3.37. The molecule has 3 nitrogen and oxygen atoms in total. The molecule has 2 rings (SSSR count). The summed E-state index contributed by atoms with van der Waals surface area (Å²) in [5.41, 5.74) is 0. The number of sulfonamides is 1. The van der Waals surface area contributed by atoms with Crippen molar-refractivity contribution >= 4 is 32.7 Å². The van der Waals surface area contributed by atoms with E-state index < -0.39 is 10.0 Å². The largest absolute Gasteiger partial charge is 0.250 e. The van der Waals surface area contributed by atoms with Gasteiger partial charge in [-0.3, -0.25) is 0 Å². The lowest BCUT2D eigenvalue weighted by molar-refractivity contribution is 0.570. The quantitative estimate of drug-likeness (QED) is 0.931. The first-order valence-electron chi connectivity index (χ1n) is 4.69. The van der Waals surface area contributed by atoms with Gasteiger partial charge in [-0.25, -0.2) is 13.1 Å². The van der Waals surface area contributed by atoms with Gasteiger partial charge in [0.05, 0.1) is 6.04 Å². The van der Waals surface area contributed by atoms with Gasteiger partial charge in [-0.2, -0.15) is 0 Å². The van der Waals surface area contributed by atoms with Crippen LogP contribution >= 0.6 is 22.7 Å². The van der Waals surface area contributed by atoms with Crippen LogP contribution in [0.1, 0.15) is 17.8 Å². The summed E-state index contributed by atoms with van der Waals surface area (Å²) in [7, 11) is -3.37. The van der Waals surface area contributed by atoms with Crippen LogP contribution in [0.5, 0.6) is 0 Å². The average Bonchev–Trinajstić information content (AvgIpc) is 2.91. The van der Waals surface area contributed by atoms with Crippen molar-refractivity contribution in [2.45, 2.75) is 17.2 Å². The highest BCUT2D eigenvalue weighted by atomic mass is 32.2. The Kier molecular flexibility index (Phi) is 3.44. The summed E-state index contributed by atoms with van der Waals surface area (Å²) in [4.78, 5) is 1.01. The molecule has 0 radical (unpaired) electrons. The molecule has 0 saturated heterocycles. The highest BCUT2D eigenvalue weighted by Gasteiger charge is 2.19. The minimum Gasteiger partial charge on any atom is -0.206 e. The Morgan fingerprint density at radius 1 is 1.19 bits per heavy atom. The molecule has 0 bridgehead atoms. The fraction of sp³-hybridized carbons (Fsp3) is 0.200. The fourth-order valence-electron chi connectivity index (χ4n) is 1.30. The van der Waals surface area contributed by atoms with Gasteiger partial charge in [0.1, 0.15) is 4.21 Å². The smallest absolute Gasteiger partial charge is 0.206 e. The molecule has 2 heterocycles. The Bertz CT molecular complexity index is 529. The maximum atomic E-state index is 11.9. The fourth-order valence-corrected chi connectivity index (χ4v) is 4.34. The maximum absolute atomic E-state index is 11.9. The molecule has 0 saturated carbocycles. The van der Waals surface area contributed by atoms with Crippen LogP contribution in [0, 0.1) is 0 Å². The van der Waals surface area contributed by atoms with E-state index in [4.69, 9.17) is 0 Å². The van der Waals surface area contributed by atoms with Crippen LogP contribution < -0.4 is 4.72 Å². The molecule has 0 fully saturated rings. The molecule has 16 heavy (non-hydrogen) atoms. The molecule has 6 heteroatoms. The van der Waals surface area contributed by atoms with Crippen LogP contribution in [0.3, 0.4) is 0 Å². The second-order valence-corrected chi connectivity index (χ2v) is 7.16. The van der Waals surface area contributed by atoms with Gasteiger partial charge in [0.2, 0.25) is 0 Å². The molecular weight excluding hydrogens is 262 g/mol. The molecule has 0 spiro atoms. The van der Waals surface area contributed by atoms with E-state index in [1.165, 1.54) is 11.3 Å². The Morgan fingerprint density at radius 2 is 1.88 bits per heavy atom. The number of thiophene rings is 2. The van der Waals surface area contributed by atoms with Crippen LogP contribution in [-0.4, -0.2) is 8.42 Å². The summed E-state index contributed by atoms with van der Waals surface area (Å²) in [6.45, 7) is 1.84. The average molecular weight is 273 g/mol. The Morgan fingerprint density at radius 3 is 2.44 bits per heavy atom. The summed E-state index contributed by atoms with van der Waals surface area (Å²) in [5.74, 6) is 0. The SMILES string of the molecule is CC(NS(=O)(=O)c1cccs1)c1cccs1. The lowest BCUT2D eigenvalue weighted by Gasteiger charge is -2.11. The number of nitrogens with one attached hydrogen (secondary N) is 1. The zero-order valence-corrected chi connectivity index (χ0v) is 11.0. The highest BCUT2D eigenvalue weighted by molar-refractivity contribution is 7.91. The summed E-state index contributed by atoms with van der Waals surface area (Å²) >= 11 is 2.77. The zero-order chi connectivity index (χ0) is 11.6. The van der Waals surface area contributed by atoms with E-state index in [0.717, 1.165) is 4.88 Å². The third-order valence-electron chi connectivity index (χ3n) is 2.06. The van der Waals surface area contributed by atoms with Crippen molar-refractivity contribution in [3.8, 4) is 0 Å². The Hall–Kier alpha value is -0.690. The van der Waals surface area contributed by atoms with Crippen LogP contribution in [0.4, 0.5) is 0 Å². The minimum absolute atomic E-state index is 0.188. The first-order chi connectivity index (χ1) is 7.59. The number of hydrogen-bond acceptors (Lipinski definition) is 4. The van der Waals surface area contributed by atoms with Crippen molar-refractivity contribution in [2.24, 2.45) is 0 Å². The van der Waals surface area contributed by atoms with Crippen molar-refractivity contribution in [3.63, 3.8) is 0 Å². The van der Waals surface area contributed by atoms with Crippen molar-refractivity contribution in [1.82, 2.24) is 4.72 Å². The van der Waals surface area contributed by atoms with Crippen molar-refractivity contribution in [3.05, 3.63) is 39.9 Å². The van der Waals surface area contributed by atoms with E-state index in [1.54, 1.807) is 28.8 Å². The second kappa shape index (κ2) is 4.67. The molecular formula is C10H11NO2S3. The standard InChI is InChI=1S/C10H11NO2S3/c1-8(9-4-2-6-14-9)11-16(12,13)10-5-3-7-15-10/h2-8,11H,1H3. The van der Waals surface area contributed by atoms with Gasteiger partial charge < -0.3 is 0 Å². The summed E-state index contributed by atoms with van der Waals surface area (Å²) in [5, 5.41) is 3.69. The van der Waals surface area contributed by atoms with Gasteiger partial charge in [-0.1, -0.05) is 12.1 Å². The first kappa shape index (κ1) is 11.8. The lowest BCUT2D eigenvalue weighted by Crippen LogP contribution is -2.25. The number of rotatable bonds is 4. The lowest BCUT2D eigenvalue weighted by atomic mass is 10.3. The molecule has 2 aromatic heterocycles. The molecule has 1 atom stereocenters. The van der Waals surface area contributed by atoms with Crippen molar-refractivity contribution in [1.29, 1.82) is 0 Å². The normalized spacial score (nSPS) is 13.8. The van der Waals surface area contributed by atoms with Crippen molar-refractivity contribution < 1.29 is 8.42 Å². The van der Waals surface area contributed by atoms with Gasteiger partial charge >= 0.3 is 0 Å². The van der Waals surface area contributed by atoms with Crippen LogP contribution in [0.15, 0.2) is 39.2 Å². The van der Waals surface area contributed by atoms with E-state index in [-0.39, 0.29) is 6.04 Å². The molecule has 1 N–H and O–H groups in total. The van der Waals surface area contributed by atoms with Gasteiger partial charge in [0.15, 0.2) is 0 Å². The van der Waals surface area contributed by atoms with Gasteiger partial charge in [0.25, 0.3) is 10.0 Å². The molecule has 0 amide bonds. The van der Waals surface area contributed by atoms with Gasteiger partial charge in [0, 0.05) is 4.88 Å². The van der Waals surface area contributed by atoms with Crippen LogP contribution in [0.25, 0.3) is 0 Å². The van der Waals surface area contributed by atoms with E-state index in [9.17, 15) is 8.42 Å². The summed E-state index contributed by atoms with van der Waals surface area (Å²) in [6.07, 6.45) is 0. The van der Waals surface area contributed by atoms with E-state index >= 15 is 0 Å². The van der Waals surface area contributed by atoms with Gasteiger partial charge in [-0.05, 0) is 29.8 Å². The molecule has 86 valence electrons. The van der Waals surface area contributed by atoms with Crippen LogP contribution in [0.2, 0.25) is 0 Å². The molecule has 0 aliphatic rings. The highest BCUT2D eigenvalue weighted by Crippen LogP contribution is 2.22. The van der Waals surface area contributed by atoms with Crippen molar-refractivity contribution in [2.75, 3.05) is 0 Å². The predicted molar refractivity (Wildman–Crippen MR) is 67.4 cm³/mol. The number of hydrogen-bond donors (Lipinski definition) is 1. The zero-order valence-electron chi connectivity index (χ0n) is 8.58. The summed E-state index contributed by atoms with van der Waals surface area (Å²) < 4.78 is 26.8. The predicted octanol–water partition coefficient (Wildman–Crippen LogP) is 2.85. The topological polar surface area (TPSA) is 46.2 Å². The maximum Gasteiger partial charge on any atom is 0.250 e. The molecule has 2 aromatic rings. The monoisotopic (exact) mass is 273 g/mol. The first-order valence-corrected chi connectivity index (χ1v) is 7.93. The third kappa shape index (κ3) is 2.52. The third-order valence-corrected chi connectivity index (χ3v) is 6.06. The van der Waals surface area contributed by atoms with Crippen LogP contribution in [-0.2, 0) is 10.0 Å². The molecule has 0 aromatic carbocycles. The molecule has 0 aliphatic heterocycles.